The monoisotopic (exact) mass is 271 g/mol. The summed E-state index contributed by atoms with van der Waals surface area (Å²) in [5, 5.41) is 8.76. The van der Waals surface area contributed by atoms with E-state index in [1.165, 1.54) is 18.4 Å². The number of nitrogen functional groups attached to an aromatic ring is 1. The molecule has 0 saturated heterocycles. The van der Waals surface area contributed by atoms with Crippen molar-refractivity contribution in [2.24, 2.45) is 5.73 Å². The third-order valence-electron chi connectivity index (χ3n) is 3.38. The summed E-state index contributed by atoms with van der Waals surface area (Å²) in [4.78, 5) is 5.60. The number of benzene rings is 1. The predicted molar refractivity (Wildman–Crippen MR) is 79.0 cm³/mol. The zero-order valence-corrected chi connectivity index (χ0v) is 11.5. The van der Waals surface area contributed by atoms with E-state index in [1.54, 1.807) is 11.3 Å². The van der Waals surface area contributed by atoms with Gasteiger partial charge in [-0.1, -0.05) is 30.3 Å². The molecule has 3 nitrogen and oxygen atoms in total. The molecule has 4 heteroatoms. The van der Waals surface area contributed by atoms with Crippen molar-refractivity contribution in [3.63, 3.8) is 0 Å². The SMILES string of the molecule is N=C(N)c1sc(CCc2ccccc2)nc1C1CC1. The van der Waals surface area contributed by atoms with Crippen molar-refractivity contribution in [3.8, 4) is 0 Å². The fourth-order valence-corrected chi connectivity index (χ4v) is 3.22. The second kappa shape index (κ2) is 5.13. The smallest absolute Gasteiger partial charge is 0.135 e. The summed E-state index contributed by atoms with van der Waals surface area (Å²) in [5.41, 5.74) is 8.05. The molecule has 0 unspecified atom stereocenters. The highest BCUT2D eigenvalue weighted by Gasteiger charge is 2.30. The van der Waals surface area contributed by atoms with Crippen molar-refractivity contribution in [1.29, 1.82) is 5.41 Å². The lowest BCUT2D eigenvalue weighted by atomic mass is 10.1. The lowest BCUT2D eigenvalue weighted by Crippen LogP contribution is -2.11. The average Bonchev–Trinajstić information content (AvgIpc) is 3.17. The van der Waals surface area contributed by atoms with Crippen LogP contribution in [0.1, 0.15) is 39.9 Å². The molecule has 0 radical (unpaired) electrons. The normalized spacial score (nSPS) is 14.5. The fourth-order valence-electron chi connectivity index (χ4n) is 2.21. The quantitative estimate of drug-likeness (QED) is 0.648. The zero-order valence-electron chi connectivity index (χ0n) is 10.7. The highest BCUT2D eigenvalue weighted by Crippen LogP contribution is 2.42. The van der Waals surface area contributed by atoms with E-state index in [1.807, 2.05) is 6.07 Å². The summed E-state index contributed by atoms with van der Waals surface area (Å²) in [6, 6.07) is 10.4. The first-order valence-corrected chi connectivity index (χ1v) is 7.43. The Labute approximate surface area is 117 Å². The molecular weight excluding hydrogens is 254 g/mol. The minimum atomic E-state index is 0.172. The van der Waals surface area contributed by atoms with Crippen LogP contribution in [0.15, 0.2) is 30.3 Å². The Morgan fingerprint density at radius 3 is 2.63 bits per heavy atom. The van der Waals surface area contributed by atoms with Crippen molar-refractivity contribution < 1.29 is 0 Å². The lowest BCUT2D eigenvalue weighted by molar-refractivity contribution is 0.918. The minimum Gasteiger partial charge on any atom is -0.383 e. The standard InChI is InChI=1S/C15H17N3S/c16-15(17)14-13(11-7-8-11)18-12(19-14)9-6-10-4-2-1-3-5-10/h1-5,11H,6-9H2,(H3,16,17). The van der Waals surface area contributed by atoms with E-state index in [0.717, 1.165) is 28.4 Å². The van der Waals surface area contributed by atoms with Crippen LogP contribution < -0.4 is 5.73 Å². The van der Waals surface area contributed by atoms with Gasteiger partial charge in [0.25, 0.3) is 0 Å². The summed E-state index contributed by atoms with van der Waals surface area (Å²) < 4.78 is 0. The molecule has 1 aliphatic carbocycles. The molecule has 1 fully saturated rings. The number of thiazole rings is 1. The van der Waals surface area contributed by atoms with E-state index < -0.39 is 0 Å². The largest absolute Gasteiger partial charge is 0.383 e. The first-order valence-electron chi connectivity index (χ1n) is 6.62. The van der Waals surface area contributed by atoms with Crippen molar-refractivity contribution in [2.45, 2.75) is 31.6 Å². The maximum atomic E-state index is 7.66. The van der Waals surface area contributed by atoms with Gasteiger partial charge >= 0.3 is 0 Å². The third kappa shape index (κ3) is 2.84. The number of nitrogens with zero attached hydrogens (tertiary/aromatic N) is 1. The second-order valence-corrected chi connectivity index (χ2v) is 6.08. The molecule has 19 heavy (non-hydrogen) atoms. The number of hydrogen-bond donors (Lipinski definition) is 2. The van der Waals surface area contributed by atoms with E-state index >= 15 is 0 Å². The molecule has 0 aliphatic heterocycles. The number of rotatable bonds is 5. The predicted octanol–water partition coefficient (Wildman–Crippen LogP) is 3.09. The van der Waals surface area contributed by atoms with Crippen molar-refractivity contribution in [1.82, 2.24) is 4.98 Å². The Hall–Kier alpha value is -1.68. The molecule has 0 bridgehead atoms. The fraction of sp³-hybridized carbons (Fsp3) is 0.333. The van der Waals surface area contributed by atoms with Crippen LogP contribution in [0.5, 0.6) is 0 Å². The van der Waals surface area contributed by atoms with Gasteiger partial charge in [-0.25, -0.2) is 4.98 Å². The molecular formula is C15H17N3S. The summed E-state index contributed by atoms with van der Waals surface area (Å²) in [7, 11) is 0. The molecule has 0 atom stereocenters. The molecule has 1 aromatic carbocycles. The van der Waals surface area contributed by atoms with Crippen LogP contribution in [0.3, 0.4) is 0 Å². The summed E-state index contributed by atoms with van der Waals surface area (Å²) in [6.07, 6.45) is 4.32. The van der Waals surface area contributed by atoms with Gasteiger partial charge in [0.1, 0.15) is 5.84 Å². The van der Waals surface area contributed by atoms with Crippen LogP contribution >= 0.6 is 11.3 Å². The van der Waals surface area contributed by atoms with Gasteiger partial charge in [0.05, 0.1) is 15.6 Å². The number of hydrogen-bond acceptors (Lipinski definition) is 3. The summed E-state index contributed by atoms with van der Waals surface area (Å²) in [6.45, 7) is 0. The van der Waals surface area contributed by atoms with Crippen LogP contribution in [0.4, 0.5) is 0 Å². The lowest BCUT2D eigenvalue weighted by Gasteiger charge is -1.97. The van der Waals surface area contributed by atoms with Crippen LogP contribution in [-0.4, -0.2) is 10.8 Å². The molecule has 0 amide bonds. The molecule has 2 aromatic rings. The molecule has 3 N–H and O–H groups in total. The topological polar surface area (TPSA) is 62.8 Å². The highest BCUT2D eigenvalue weighted by atomic mass is 32.1. The highest BCUT2D eigenvalue weighted by molar-refractivity contribution is 7.13. The maximum Gasteiger partial charge on any atom is 0.135 e. The van der Waals surface area contributed by atoms with Crippen molar-refractivity contribution >= 4 is 17.2 Å². The Kier molecular flexibility index (Phi) is 3.34. The van der Waals surface area contributed by atoms with E-state index in [9.17, 15) is 0 Å². The minimum absolute atomic E-state index is 0.172. The van der Waals surface area contributed by atoms with E-state index in [4.69, 9.17) is 16.1 Å². The van der Waals surface area contributed by atoms with Gasteiger partial charge in [-0.2, -0.15) is 0 Å². The molecule has 98 valence electrons. The first kappa shape index (κ1) is 12.4. The van der Waals surface area contributed by atoms with Gasteiger partial charge in [-0.05, 0) is 24.8 Å². The summed E-state index contributed by atoms with van der Waals surface area (Å²) >= 11 is 1.59. The van der Waals surface area contributed by atoms with Crippen LogP contribution in [0.25, 0.3) is 0 Å². The van der Waals surface area contributed by atoms with Crippen LogP contribution in [0, 0.1) is 5.41 Å². The van der Waals surface area contributed by atoms with Gasteiger partial charge in [0.2, 0.25) is 0 Å². The van der Waals surface area contributed by atoms with Crippen molar-refractivity contribution in [3.05, 3.63) is 51.5 Å². The molecule has 1 aliphatic rings. The number of aromatic nitrogens is 1. The molecule has 3 rings (SSSR count). The van der Waals surface area contributed by atoms with E-state index in [-0.39, 0.29) is 5.84 Å². The maximum absolute atomic E-state index is 7.66. The van der Waals surface area contributed by atoms with Gasteiger partial charge < -0.3 is 5.73 Å². The van der Waals surface area contributed by atoms with Gasteiger partial charge in [-0.15, -0.1) is 11.3 Å². The van der Waals surface area contributed by atoms with E-state index in [0.29, 0.717) is 5.92 Å². The Morgan fingerprint density at radius 1 is 1.26 bits per heavy atom. The zero-order chi connectivity index (χ0) is 13.2. The van der Waals surface area contributed by atoms with Gasteiger partial charge in [0, 0.05) is 12.3 Å². The average molecular weight is 271 g/mol. The second-order valence-electron chi connectivity index (χ2n) is 5.00. The number of nitrogens with one attached hydrogen (secondary N) is 1. The van der Waals surface area contributed by atoms with Crippen LogP contribution in [-0.2, 0) is 12.8 Å². The number of amidine groups is 1. The number of aryl methyl sites for hydroxylation is 2. The number of nitrogens with two attached hydrogens (primary N) is 1. The first-order chi connectivity index (χ1) is 9.24. The van der Waals surface area contributed by atoms with Crippen molar-refractivity contribution in [2.75, 3.05) is 0 Å². The van der Waals surface area contributed by atoms with Crippen LogP contribution in [0.2, 0.25) is 0 Å². The Bertz CT molecular complexity index is 585. The molecule has 1 aromatic heterocycles. The Morgan fingerprint density at radius 2 is 2.00 bits per heavy atom. The Balaban J connectivity index is 1.74. The summed E-state index contributed by atoms with van der Waals surface area (Å²) in [5.74, 6) is 0.728. The third-order valence-corrected chi connectivity index (χ3v) is 4.54. The van der Waals surface area contributed by atoms with E-state index in [2.05, 4.69) is 24.3 Å². The van der Waals surface area contributed by atoms with Gasteiger partial charge in [-0.3, -0.25) is 5.41 Å². The molecule has 1 saturated carbocycles. The molecule has 0 spiro atoms. The van der Waals surface area contributed by atoms with Gasteiger partial charge in [0.15, 0.2) is 0 Å². The molecule has 1 heterocycles.